The zero-order valence-corrected chi connectivity index (χ0v) is 19.3. The number of halogens is 1. The molecule has 0 aliphatic carbocycles. The molecule has 3 aromatic rings. The van der Waals surface area contributed by atoms with Gasteiger partial charge in [-0.05, 0) is 48.2 Å². The molecule has 0 spiro atoms. The Labute approximate surface area is 194 Å². The minimum atomic E-state index is -0.255. The maximum atomic E-state index is 11.9. The number of hydrogen-bond acceptors (Lipinski definition) is 6. The summed E-state index contributed by atoms with van der Waals surface area (Å²) in [5, 5.41) is 3.79. The van der Waals surface area contributed by atoms with Crippen LogP contribution in [0.4, 0.5) is 0 Å². The summed E-state index contributed by atoms with van der Waals surface area (Å²) in [6.07, 6.45) is 1.61. The van der Waals surface area contributed by atoms with Gasteiger partial charge in [-0.1, -0.05) is 40.2 Å². The second-order valence-corrected chi connectivity index (χ2v) is 8.83. The molecule has 0 radical (unpaired) electrons. The lowest BCUT2D eigenvalue weighted by Crippen LogP contribution is -2.33. The van der Waals surface area contributed by atoms with Crippen molar-refractivity contribution in [3.05, 3.63) is 63.8 Å². The van der Waals surface area contributed by atoms with Crippen molar-refractivity contribution in [3.8, 4) is 28.4 Å². The number of carbonyl (C=O) groups excluding carboxylic acids is 1. The summed E-state index contributed by atoms with van der Waals surface area (Å²) in [7, 11) is 0. The van der Waals surface area contributed by atoms with E-state index < -0.39 is 0 Å². The third-order valence-corrected chi connectivity index (χ3v) is 6.05. The molecular weight excluding hydrogens is 480 g/mol. The summed E-state index contributed by atoms with van der Waals surface area (Å²) < 4.78 is 23.5. The highest BCUT2D eigenvalue weighted by molar-refractivity contribution is 9.10. The van der Waals surface area contributed by atoms with Crippen molar-refractivity contribution in [2.75, 3.05) is 19.8 Å². The molecule has 7 heteroatoms. The van der Waals surface area contributed by atoms with Crippen LogP contribution in [0.2, 0.25) is 0 Å². The van der Waals surface area contributed by atoms with Crippen molar-refractivity contribution in [2.45, 2.75) is 25.4 Å². The fourth-order valence-corrected chi connectivity index (χ4v) is 4.08. The van der Waals surface area contributed by atoms with Crippen LogP contribution >= 0.6 is 27.3 Å². The van der Waals surface area contributed by atoms with Crippen LogP contribution in [0.25, 0.3) is 11.1 Å². The molecule has 0 N–H and O–H groups in total. The maximum absolute atomic E-state index is 11.9. The fraction of sp³-hybridized carbons (Fsp3) is 0.292. The minimum absolute atomic E-state index is 0.204. The highest BCUT2D eigenvalue weighted by atomic mass is 79.9. The van der Waals surface area contributed by atoms with Crippen molar-refractivity contribution in [3.63, 3.8) is 0 Å². The van der Waals surface area contributed by atoms with Crippen molar-refractivity contribution in [1.29, 1.82) is 0 Å². The van der Waals surface area contributed by atoms with Gasteiger partial charge in [0.1, 0.15) is 19.0 Å². The first-order chi connectivity index (χ1) is 15.2. The molecule has 0 bridgehead atoms. The van der Waals surface area contributed by atoms with E-state index in [1.165, 1.54) is 11.3 Å². The number of esters is 1. The van der Waals surface area contributed by atoms with Crippen molar-refractivity contribution < 1.29 is 23.7 Å². The van der Waals surface area contributed by atoms with Crippen LogP contribution in [0.3, 0.4) is 0 Å². The van der Waals surface area contributed by atoms with Crippen LogP contribution in [0, 0.1) is 0 Å². The Bertz CT molecular complexity index is 984. The van der Waals surface area contributed by atoms with Gasteiger partial charge in [-0.15, -0.1) is 11.3 Å². The zero-order valence-electron chi connectivity index (χ0n) is 16.9. The summed E-state index contributed by atoms with van der Waals surface area (Å²) in [6.45, 7) is 1.16. The predicted molar refractivity (Wildman–Crippen MR) is 124 cm³/mol. The third kappa shape index (κ3) is 6.24. The summed E-state index contributed by atoms with van der Waals surface area (Å²) in [6, 6.07) is 16.2. The number of thiophene rings is 1. The summed E-state index contributed by atoms with van der Waals surface area (Å²) in [5.41, 5.74) is 2.30. The first-order valence-electron chi connectivity index (χ1n) is 10.2. The number of fused-ring (bicyclic) bond motifs is 1. The molecule has 1 aromatic heterocycles. The van der Waals surface area contributed by atoms with E-state index in [-0.39, 0.29) is 18.7 Å². The quantitative estimate of drug-likeness (QED) is 0.261. The van der Waals surface area contributed by atoms with E-state index in [1.807, 2.05) is 47.2 Å². The van der Waals surface area contributed by atoms with E-state index in [2.05, 4.69) is 28.1 Å². The molecule has 1 aliphatic rings. The van der Waals surface area contributed by atoms with Gasteiger partial charge < -0.3 is 18.9 Å². The number of carbonyl (C=O) groups is 1. The second kappa shape index (κ2) is 10.7. The van der Waals surface area contributed by atoms with Crippen LogP contribution in [-0.4, -0.2) is 31.9 Å². The summed E-state index contributed by atoms with van der Waals surface area (Å²) in [5.74, 6) is 2.08. The largest absolute Gasteiger partial charge is 0.494 e. The molecule has 0 saturated carbocycles. The first kappa shape index (κ1) is 21.7. The monoisotopic (exact) mass is 502 g/mol. The van der Waals surface area contributed by atoms with Crippen molar-refractivity contribution >= 4 is 33.2 Å². The SMILES string of the molecule is O=C(CCCCOc1ccc(-c2ccc(Br)cc2)cc1)OCC1COc2cscc2O1. The van der Waals surface area contributed by atoms with Crippen molar-refractivity contribution in [2.24, 2.45) is 0 Å². The fourth-order valence-electron chi connectivity index (χ4n) is 3.15. The van der Waals surface area contributed by atoms with Gasteiger partial charge in [0.15, 0.2) is 17.6 Å². The van der Waals surface area contributed by atoms with E-state index in [4.69, 9.17) is 18.9 Å². The van der Waals surface area contributed by atoms with Crippen LogP contribution in [0.15, 0.2) is 63.8 Å². The molecule has 1 unspecified atom stereocenters. The van der Waals surface area contributed by atoms with Gasteiger partial charge in [-0.25, -0.2) is 0 Å². The van der Waals surface area contributed by atoms with Gasteiger partial charge in [0.05, 0.1) is 6.61 Å². The second-order valence-electron chi connectivity index (χ2n) is 7.17. The normalized spacial score (nSPS) is 14.8. The Kier molecular flexibility index (Phi) is 7.48. The molecule has 0 amide bonds. The number of hydrogen-bond donors (Lipinski definition) is 0. The molecule has 1 atom stereocenters. The minimum Gasteiger partial charge on any atom is -0.494 e. The lowest BCUT2D eigenvalue weighted by molar-refractivity contribution is -0.147. The highest BCUT2D eigenvalue weighted by Crippen LogP contribution is 2.35. The zero-order chi connectivity index (χ0) is 21.5. The van der Waals surface area contributed by atoms with E-state index in [9.17, 15) is 4.79 Å². The van der Waals surface area contributed by atoms with E-state index in [1.54, 1.807) is 0 Å². The first-order valence-corrected chi connectivity index (χ1v) is 11.9. The summed E-state index contributed by atoms with van der Waals surface area (Å²) >= 11 is 4.98. The van der Waals surface area contributed by atoms with Gasteiger partial charge in [0.25, 0.3) is 0 Å². The predicted octanol–water partition coefficient (Wildman–Crippen LogP) is 6.11. The lowest BCUT2D eigenvalue weighted by atomic mass is 10.1. The van der Waals surface area contributed by atoms with Gasteiger partial charge in [0.2, 0.25) is 0 Å². The van der Waals surface area contributed by atoms with Gasteiger partial charge >= 0.3 is 5.97 Å². The smallest absolute Gasteiger partial charge is 0.305 e. The van der Waals surface area contributed by atoms with Crippen LogP contribution in [0.1, 0.15) is 19.3 Å². The van der Waals surface area contributed by atoms with Crippen molar-refractivity contribution in [1.82, 2.24) is 0 Å². The highest BCUT2D eigenvalue weighted by Gasteiger charge is 2.22. The molecule has 1 aliphatic heterocycles. The van der Waals surface area contributed by atoms with Gasteiger partial charge in [0, 0.05) is 21.7 Å². The Morgan fingerprint density at radius 3 is 2.48 bits per heavy atom. The lowest BCUT2D eigenvalue weighted by Gasteiger charge is -2.24. The number of benzene rings is 2. The molecule has 5 nitrogen and oxygen atoms in total. The molecule has 162 valence electrons. The molecule has 0 saturated heterocycles. The standard InChI is InChI=1S/C24H23BrO5S/c25-19-8-4-17(5-9-19)18-6-10-20(11-7-18)27-12-2-1-3-24(26)29-14-21-13-28-22-15-31-16-23(22)30-21/h4-11,15-16,21H,1-3,12-14H2. The summed E-state index contributed by atoms with van der Waals surface area (Å²) in [4.78, 5) is 11.9. The van der Waals surface area contributed by atoms with E-state index in [0.717, 1.165) is 39.3 Å². The van der Waals surface area contributed by atoms with Crippen LogP contribution in [-0.2, 0) is 9.53 Å². The third-order valence-electron chi connectivity index (χ3n) is 4.82. The molecule has 2 aromatic carbocycles. The van der Waals surface area contributed by atoms with Crippen LogP contribution in [0.5, 0.6) is 17.2 Å². The molecule has 2 heterocycles. The topological polar surface area (TPSA) is 54.0 Å². The van der Waals surface area contributed by atoms with E-state index >= 15 is 0 Å². The average molecular weight is 503 g/mol. The Balaban J connectivity index is 1.10. The molecular formula is C24H23BrO5S. The molecule has 0 fully saturated rings. The number of unbranched alkanes of at least 4 members (excludes halogenated alkanes) is 1. The Morgan fingerprint density at radius 1 is 1.00 bits per heavy atom. The van der Waals surface area contributed by atoms with Gasteiger partial charge in [-0.3, -0.25) is 4.79 Å². The van der Waals surface area contributed by atoms with E-state index in [0.29, 0.717) is 26.1 Å². The Hall–Kier alpha value is -2.51. The molecule has 4 rings (SSSR count). The Morgan fingerprint density at radius 2 is 1.71 bits per heavy atom. The van der Waals surface area contributed by atoms with Crippen LogP contribution < -0.4 is 14.2 Å². The maximum Gasteiger partial charge on any atom is 0.305 e. The van der Waals surface area contributed by atoms with Gasteiger partial charge in [-0.2, -0.15) is 0 Å². The number of rotatable bonds is 9. The average Bonchev–Trinajstić information content (AvgIpc) is 3.26. The number of ether oxygens (including phenoxy) is 4. The molecule has 31 heavy (non-hydrogen) atoms.